The van der Waals surface area contributed by atoms with Gasteiger partial charge in [0, 0.05) is 32.5 Å². The van der Waals surface area contributed by atoms with Crippen molar-refractivity contribution in [3.05, 3.63) is 22.6 Å². The Morgan fingerprint density at radius 1 is 1.33 bits per heavy atom. The van der Waals surface area contributed by atoms with Crippen molar-refractivity contribution < 1.29 is 13.2 Å². The third-order valence-corrected chi connectivity index (χ3v) is 8.66. The first kappa shape index (κ1) is 15.3. The maximum absolute atomic E-state index is 12.6. The van der Waals surface area contributed by atoms with Gasteiger partial charge in [0.05, 0.1) is 0 Å². The van der Waals surface area contributed by atoms with Gasteiger partial charge in [0.25, 0.3) is 9.05 Å². The number of thiophene rings is 1. The topological polar surface area (TPSA) is 51.2 Å². The van der Waals surface area contributed by atoms with Crippen LogP contribution in [-0.2, 0) is 13.8 Å². The highest BCUT2D eigenvalue weighted by Gasteiger charge is 2.63. The predicted octanol–water partition coefficient (Wildman–Crippen LogP) is 4.08. The van der Waals surface area contributed by atoms with Crippen LogP contribution in [0.25, 0.3) is 6.08 Å². The Kier molecular flexibility index (Phi) is 3.22. The summed E-state index contributed by atoms with van der Waals surface area (Å²) in [6, 6.07) is 3.20. The van der Waals surface area contributed by atoms with E-state index in [1.807, 2.05) is 6.08 Å². The Morgan fingerprint density at radius 2 is 2.00 bits per heavy atom. The van der Waals surface area contributed by atoms with Gasteiger partial charge < -0.3 is 0 Å². The molecule has 1 aromatic rings. The van der Waals surface area contributed by atoms with Gasteiger partial charge in [-0.1, -0.05) is 20.8 Å². The highest BCUT2D eigenvalue weighted by molar-refractivity contribution is 8.15. The molecule has 2 aliphatic carbocycles. The minimum absolute atomic E-state index is 0.0332. The largest absolute Gasteiger partial charge is 0.294 e. The number of Topliss-reactive ketones (excluding diaryl/α,β-unsaturated/α-hetero) is 1. The van der Waals surface area contributed by atoms with E-state index in [4.69, 9.17) is 10.7 Å². The first-order valence-electron chi connectivity index (χ1n) is 6.88. The highest BCUT2D eigenvalue weighted by Crippen LogP contribution is 2.66. The van der Waals surface area contributed by atoms with E-state index >= 15 is 0 Å². The molecule has 3 nitrogen and oxygen atoms in total. The SMILES string of the molecule is CC12CCC(C(=O)C1=Cc1ccc(S(=O)(=O)Cl)s1)C2(C)C. The molecule has 0 spiro atoms. The number of rotatable bonds is 2. The molecule has 2 fully saturated rings. The Bertz CT molecular complexity index is 758. The Morgan fingerprint density at radius 3 is 2.48 bits per heavy atom. The highest BCUT2D eigenvalue weighted by atomic mass is 35.7. The average molecular weight is 345 g/mol. The summed E-state index contributed by atoms with van der Waals surface area (Å²) in [5.41, 5.74) is 0.678. The van der Waals surface area contributed by atoms with E-state index < -0.39 is 9.05 Å². The van der Waals surface area contributed by atoms with E-state index in [0.29, 0.717) is 0 Å². The predicted molar refractivity (Wildman–Crippen MR) is 85.0 cm³/mol. The van der Waals surface area contributed by atoms with Gasteiger partial charge in [0.1, 0.15) is 4.21 Å². The van der Waals surface area contributed by atoms with Crippen LogP contribution in [0, 0.1) is 16.7 Å². The number of carbonyl (C=O) groups excluding carboxylic acids is 1. The molecule has 2 aliphatic rings. The zero-order chi connectivity index (χ0) is 15.6. The molecule has 21 heavy (non-hydrogen) atoms. The van der Waals surface area contributed by atoms with E-state index in [2.05, 4.69) is 20.8 Å². The molecule has 114 valence electrons. The molecule has 2 saturated carbocycles. The Hall–Kier alpha value is -0.650. The first-order chi connectivity index (χ1) is 9.57. The molecular weight excluding hydrogens is 328 g/mol. The summed E-state index contributed by atoms with van der Waals surface area (Å²) < 4.78 is 22.8. The van der Waals surface area contributed by atoms with Crippen LogP contribution in [0.1, 0.15) is 38.5 Å². The molecule has 0 radical (unpaired) electrons. The molecule has 2 bridgehead atoms. The summed E-state index contributed by atoms with van der Waals surface area (Å²) in [5, 5.41) is 0. The second-order valence-corrected chi connectivity index (χ2v) is 10.6. The van der Waals surface area contributed by atoms with E-state index in [-0.39, 0.29) is 26.7 Å². The summed E-state index contributed by atoms with van der Waals surface area (Å²) >= 11 is 1.11. The molecule has 0 saturated heterocycles. The Balaban J connectivity index is 2.05. The van der Waals surface area contributed by atoms with Crippen molar-refractivity contribution in [2.75, 3.05) is 0 Å². The minimum atomic E-state index is -3.70. The number of hydrogen-bond acceptors (Lipinski definition) is 4. The third-order valence-electron chi connectivity index (χ3n) is 5.53. The minimum Gasteiger partial charge on any atom is -0.294 e. The molecular formula is C15H17ClO3S2. The summed E-state index contributed by atoms with van der Waals surface area (Å²) in [4.78, 5) is 13.4. The number of fused-ring (bicyclic) bond motifs is 2. The fourth-order valence-corrected chi connectivity index (χ4v) is 5.85. The fraction of sp³-hybridized carbons (Fsp3) is 0.533. The van der Waals surface area contributed by atoms with Crippen LogP contribution in [0.15, 0.2) is 21.9 Å². The van der Waals surface area contributed by atoms with Gasteiger partial charge in [0.15, 0.2) is 5.78 Å². The van der Waals surface area contributed by atoms with Crippen LogP contribution >= 0.6 is 22.0 Å². The van der Waals surface area contributed by atoms with Crippen LogP contribution in [0.4, 0.5) is 0 Å². The van der Waals surface area contributed by atoms with Crippen molar-refractivity contribution in [1.82, 2.24) is 0 Å². The molecule has 2 unspecified atom stereocenters. The number of allylic oxidation sites excluding steroid dienone is 1. The molecule has 0 N–H and O–H groups in total. The maximum atomic E-state index is 12.6. The van der Waals surface area contributed by atoms with Gasteiger partial charge in [-0.2, -0.15) is 0 Å². The van der Waals surface area contributed by atoms with E-state index in [0.717, 1.165) is 34.6 Å². The monoisotopic (exact) mass is 344 g/mol. The first-order valence-corrected chi connectivity index (χ1v) is 10.0. The van der Waals surface area contributed by atoms with Crippen LogP contribution in [-0.4, -0.2) is 14.2 Å². The molecule has 0 aliphatic heterocycles. The second kappa shape index (κ2) is 4.43. The third kappa shape index (κ3) is 2.05. The summed E-state index contributed by atoms with van der Waals surface area (Å²) in [7, 11) is 1.65. The fourth-order valence-electron chi connectivity index (χ4n) is 3.82. The average Bonchev–Trinajstić information content (AvgIpc) is 2.93. The van der Waals surface area contributed by atoms with Gasteiger partial charge in [0.2, 0.25) is 0 Å². The van der Waals surface area contributed by atoms with Crippen molar-refractivity contribution in [3.8, 4) is 0 Å². The smallest absolute Gasteiger partial charge is 0.270 e. The molecule has 1 heterocycles. The lowest BCUT2D eigenvalue weighted by Crippen LogP contribution is -2.27. The van der Waals surface area contributed by atoms with Crippen LogP contribution in [0.2, 0.25) is 0 Å². The van der Waals surface area contributed by atoms with Crippen molar-refractivity contribution in [2.24, 2.45) is 16.7 Å². The van der Waals surface area contributed by atoms with E-state index in [1.54, 1.807) is 6.07 Å². The molecule has 1 aromatic heterocycles. The molecule has 2 atom stereocenters. The van der Waals surface area contributed by atoms with Gasteiger partial charge in [-0.25, -0.2) is 8.42 Å². The standard InChI is InChI=1S/C15H17ClO3S2/c1-14(2)10-6-7-15(14,3)11(13(10)17)8-9-4-5-12(20-9)21(16,18)19/h4-5,8,10H,6-7H2,1-3H3. The summed E-state index contributed by atoms with van der Waals surface area (Å²) in [5.74, 6) is 0.308. The van der Waals surface area contributed by atoms with Crippen molar-refractivity contribution in [2.45, 2.75) is 37.8 Å². The lowest BCUT2D eigenvalue weighted by atomic mass is 9.69. The van der Waals surface area contributed by atoms with E-state index in [1.165, 1.54) is 6.07 Å². The van der Waals surface area contributed by atoms with Crippen molar-refractivity contribution >= 4 is 42.9 Å². The number of carbonyl (C=O) groups is 1. The lowest BCUT2D eigenvalue weighted by molar-refractivity contribution is -0.119. The van der Waals surface area contributed by atoms with Crippen molar-refractivity contribution in [3.63, 3.8) is 0 Å². The van der Waals surface area contributed by atoms with Crippen LogP contribution in [0.3, 0.4) is 0 Å². The zero-order valence-electron chi connectivity index (χ0n) is 12.1. The maximum Gasteiger partial charge on any atom is 0.270 e. The molecule has 0 aromatic carbocycles. The van der Waals surface area contributed by atoms with Crippen molar-refractivity contribution in [1.29, 1.82) is 0 Å². The number of halogens is 1. The summed E-state index contributed by atoms with van der Waals surface area (Å²) in [6.07, 6.45) is 3.82. The molecule has 6 heteroatoms. The summed E-state index contributed by atoms with van der Waals surface area (Å²) in [6.45, 7) is 6.47. The normalized spacial score (nSPS) is 33.0. The van der Waals surface area contributed by atoms with Gasteiger partial charge in [-0.15, -0.1) is 11.3 Å². The number of ketones is 1. The Labute approximate surface area is 133 Å². The lowest BCUT2D eigenvalue weighted by Gasteiger charge is -2.34. The van der Waals surface area contributed by atoms with E-state index in [9.17, 15) is 13.2 Å². The quantitative estimate of drug-likeness (QED) is 0.600. The molecule has 3 rings (SSSR count). The zero-order valence-corrected chi connectivity index (χ0v) is 14.5. The van der Waals surface area contributed by atoms with Crippen LogP contribution < -0.4 is 0 Å². The van der Waals surface area contributed by atoms with Crippen LogP contribution in [0.5, 0.6) is 0 Å². The van der Waals surface area contributed by atoms with Gasteiger partial charge in [-0.3, -0.25) is 4.79 Å². The second-order valence-electron chi connectivity index (χ2n) is 6.66. The van der Waals surface area contributed by atoms with Gasteiger partial charge >= 0.3 is 0 Å². The van der Waals surface area contributed by atoms with Gasteiger partial charge in [-0.05, 0) is 36.5 Å². The molecule has 0 amide bonds. The number of hydrogen-bond donors (Lipinski definition) is 0.